The number of esters is 1. The van der Waals surface area contributed by atoms with Gasteiger partial charge in [-0.25, -0.2) is 4.79 Å². The zero-order valence-corrected chi connectivity index (χ0v) is 15.4. The first kappa shape index (κ1) is 18.9. The average Bonchev–Trinajstić information content (AvgIpc) is 3.21. The fourth-order valence-corrected chi connectivity index (χ4v) is 2.95. The number of amides is 1. The van der Waals surface area contributed by atoms with E-state index in [9.17, 15) is 9.59 Å². The van der Waals surface area contributed by atoms with Crippen molar-refractivity contribution in [3.63, 3.8) is 0 Å². The quantitative estimate of drug-likeness (QED) is 0.691. The van der Waals surface area contributed by atoms with E-state index >= 15 is 0 Å². The van der Waals surface area contributed by atoms with E-state index in [1.54, 1.807) is 17.1 Å². The number of aromatic nitrogens is 2. The second-order valence-electron chi connectivity index (χ2n) is 5.97. The maximum absolute atomic E-state index is 12.5. The Labute approximate surface area is 161 Å². The maximum atomic E-state index is 12.5. The molecule has 0 spiro atoms. The van der Waals surface area contributed by atoms with E-state index in [4.69, 9.17) is 21.4 Å². The van der Waals surface area contributed by atoms with Crippen LogP contribution in [0, 0.1) is 0 Å². The van der Waals surface area contributed by atoms with Gasteiger partial charge < -0.3 is 20.1 Å². The van der Waals surface area contributed by atoms with Crippen LogP contribution >= 0.6 is 11.6 Å². The predicted octanol–water partition coefficient (Wildman–Crippen LogP) is 1.26. The standard InChI is InChI=1S/C18H19ClN4O4/c1-27-18(26)15-11-22(6-7-24)17(25)16(15)21-14-4-2-12(3-5-14)9-23-10-13(19)8-20-23/h2-5,8,10,21,24H,6-7,9,11H2,1H3. The summed E-state index contributed by atoms with van der Waals surface area (Å²) in [6, 6.07) is 7.40. The minimum Gasteiger partial charge on any atom is -0.466 e. The average molecular weight is 391 g/mol. The molecule has 0 radical (unpaired) electrons. The minimum absolute atomic E-state index is 0.104. The normalized spacial score (nSPS) is 14.0. The summed E-state index contributed by atoms with van der Waals surface area (Å²) in [5.74, 6) is -0.918. The van der Waals surface area contributed by atoms with Crippen LogP contribution in [0.5, 0.6) is 0 Å². The van der Waals surface area contributed by atoms with E-state index in [2.05, 4.69) is 10.4 Å². The lowest BCUT2D eigenvalue weighted by Gasteiger charge is -2.15. The van der Waals surface area contributed by atoms with Crippen LogP contribution in [-0.4, -0.2) is 58.5 Å². The first-order chi connectivity index (χ1) is 13.0. The Morgan fingerprint density at radius 3 is 2.70 bits per heavy atom. The molecule has 3 rings (SSSR count). The van der Waals surface area contributed by atoms with Crippen molar-refractivity contribution in [2.24, 2.45) is 0 Å². The molecular weight excluding hydrogens is 372 g/mol. The molecule has 1 aromatic carbocycles. The highest BCUT2D eigenvalue weighted by Gasteiger charge is 2.34. The van der Waals surface area contributed by atoms with Gasteiger partial charge >= 0.3 is 5.97 Å². The summed E-state index contributed by atoms with van der Waals surface area (Å²) in [7, 11) is 1.27. The molecule has 1 aromatic heterocycles. The molecule has 2 aromatic rings. The van der Waals surface area contributed by atoms with Crippen molar-refractivity contribution in [2.75, 3.05) is 32.1 Å². The van der Waals surface area contributed by atoms with Gasteiger partial charge in [0.1, 0.15) is 5.70 Å². The summed E-state index contributed by atoms with van der Waals surface area (Å²) in [4.78, 5) is 25.9. The Bertz CT molecular complexity index is 876. The lowest BCUT2D eigenvalue weighted by Crippen LogP contribution is -2.31. The molecule has 1 aliphatic rings. The third-order valence-electron chi connectivity index (χ3n) is 4.12. The molecule has 0 fully saturated rings. The lowest BCUT2D eigenvalue weighted by atomic mass is 10.2. The molecule has 2 N–H and O–H groups in total. The summed E-state index contributed by atoms with van der Waals surface area (Å²) >= 11 is 5.86. The van der Waals surface area contributed by atoms with E-state index in [-0.39, 0.29) is 36.9 Å². The number of rotatable bonds is 7. The Morgan fingerprint density at radius 1 is 1.37 bits per heavy atom. The van der Waals surface area contributed by atoms with Crippen LogP contribution in [0.25, 0.3) is 0 Å². The van der Waals surface area contributed by atoms with Crippen LogP contribution < -0.4 is 5.32 Å². The Balaban J connectivity index is 1.75. The number of nitrogens with one attached hydrogen (secondary N) is 1. The number of hydrogen-bond acceptors (Lipinski definition) is 6. The van der Waals surface area contributed by atoms with Crippen molar-refractivity contribution in [3.8, 4) is 0 Å². The molecule has 1 aliphatic heterocycles. The molecule has 0 aliphatic carbocycles. The zero-order valence-electron chi connectivity index (χ0n) is 14.7. The van der Waals surface area contributed by atoms with E-state index in [1.807, 2.05) is 24.3 Å². The molecule has 0 saturated heterocycles. The van der Waals surface area contributed by atoms with Gasteiger partial charge in [0.15, 0.2) is 0 Å². The van der Waals surface area contributed by atoms with Crippen molar-refractivity contribution in [3.05, 3.63) is 58.5 Å². The number of methoxy groups -OCH3 is 1. The van der Waals surface area contributed by atoms with Gasteiger partial charge in [0.2, 0.25) is 0 Å². The number of hydrogen-bond donors (Lipinski definition) is 2. The summed E-state index contributed by atoms with van der Waals surface area (Å²) in [5, 5.41) is 16.8. The second-order valence-corrected chi connectivity index (χ2v) is 6.41. The van der Waals surface area contributed by atoms with Gasteiger partial charge in [0.25, 0.3) is 5.91 Å². The molecule has 142 valence electrons. The number of carbonyl (C=O) groups is 2. The molecule has 0 atom stereocenters. The van der Waals surface area contributed by atoms with Crippen LogP contribution in [0.3, 0.4) is 0 Å². The van der Waals surface area contributed by atoms with E-state index < -0.39 is 5.97 Å². The third kappa shape index (κ3) is 4.29. The van der Waals surface area contributed by atoms with Crippen molar-refractivity contribution in [2.45, 2.75) is 6.54 Å². The number of anilines is 1. The number of aliphatic hydroxyl groups excluding tert-OH is 1. The van der Waals surface area contributed by atoms with Crippen molar-refractivity contribution in [1.29, 1.82) is 0 Å². The Hall–Kier alpha value is -2.84. The SMILES string of the molecule is COC(=O)C1=C(Nc2ccc(Cn3cc(Cl)cn3)cc2)C(=O)N(CCO)C1. The summed E-state index contributed by atoms with van der Waals surface area (Å²) in [6.07, 6.45) is 3.30. The molecule has 0 saturated carbocycles. The predicted molar refractivity (Wildman–Crippen MR) is 99.1 cm³/mol. The summed E-state index contributed by atoms with van der Waals surface area (Å²) < 4.78 is 6.48. The summed E-state index contributed by atoms with van der Waals surface area (Å²) in [6.45, 7) is 0.633. The van der Waals surface area contributed by atoms with Crippen LogP contribution in [-0.2, 0) is 20.9 Å². The highest BCUT2D eigenvalue weighted by molar-refractivity contribution is 6.30. The second kappa shape index (κ2) is 8.24. The molecular formula is C18H19ClN4O4. The number of nitrogens with zero attached hydrogens (tertiary/aromatic N) is 3. The fraction of sp³-hybridized carbons (Fsp3) is 0.278. The Kier molecular flexibility index (Phi) is 5.78. The highest BCUT2D eigenvalue weighted by Crippen LogP contribution is 2.23. The van der Waals surface area contributed by atoms with E-state index in [0.717, 1.165) is 5.56 Å². The van der Waals surface area contributed by atoms with Crippen molar-refractivity contribution in [1.82, 2.24) is 14.7 Å². The number of aliphatic hydroxyl groups is 1. The van der Waals surface area contributed by atoms with Crippen molar-refractivity contribution >= 4 is 29.2 Å². The van der Waals surface area contributed by atoms with Gasteiger partial charge in [-0.05, 0) is 17.7 Å². The van der Waals surface area contributed by atoms with Crippen LogP contribution in [0.4, 0.5) is 5.69 Å². The Morgan fingerprint density at radius 2 is 2.11 bits per heavy atom. The van der Waals surface area contributed by atoms with Gasteiger partial charge in [-0.2, -0.15) is 5.10 Å². The van der Waals surface area contributed by atoms with Crippen LogP contribution in [0.2, 0.25) is 5.02 Å². The fourth-order valence-electron chi connectivity index (χ4n) is 2.80. The molecule has 8 nitrogen and oxygen atoms in total. The van der Waals surface area contributed by atoms with E-state index in [0.29, 0.717) is 17.3 Å². The monoisotopic (exact) mass is 390 g/mol. The van der Waals surface area contributed by atoms with Gasteiger partial charge in [-0.15, -0.1) is 0 Å². The van der Waals surface area contributed by atoms with Gasteiger partial charge in [-0.1, -0.05) is 23.7 Å². The molecule has 1 amide bonds. The lowest BCUT2D eigenvalue weighted by molar-refractivity contribution is -0.136. The number of benzene rings is 1. The number of halogens is 1. The van der Waals surface area contributed by atoms with Gasteiger partial charge in [0, 0.05) is 18.4 Å². The largest absolute Gasteiger partial charge is 0.466 e. The first-order valence-corrected chi connectivity index (χ1v) is 8.65. The number of β-amino-alcohol motifs (C(OH)–C–C–N with tert-alkyl or cyclic N) is 1. The van der Waals surface area contributed by atoms with E-state index in [1.165, 1.54) is 12.0 Å². The molecule has 0 bridgehead atoms. The molecule has 2 heterocycles. The van der Waals surface area contributed by atoms with Gasteiger partial charge in [-0.3, -0.25) is 9.48 Å². The highest BCUT2D eigenvalue weighted by atomic mass is 35.5. The van der Waals surface area contributed by atoms with Gasteiger partial charge in [0.05, 0.1) is 43.6 Å². The maximum Gasteiger partial charge on any atom is 0.337 e. The van der Waals surface area contributed by atoms with Crippen molar-refractivity contribution < 1.29 is 19.4 Å². The minimum atomic E-state index is -0.571. The van der Waals surface area contributed by atoms with Crippen LogP contribution in [0.1, 0.15) is 5.56 Å². The first-order valence-electron chi connectivity index (χ1n) is 8.27. The topological polar surface area (TPSA) is 96.7 Å². The molecule has 27 heavy (non-hydrogen) atoms. The molecule has 0 unspecified atom stereocenters. The smallest absolute Gasteiger partial charge is 0.337 e. The summed E-state index contributed by atoms with van der Waals surface area (Å²) in [5.41, 5.74) is 2.07. The molecule has 9 heteroatoms. The zero-order chi connectivity index (χ0) is 19.4. The number of carbonyl (C=O) groups excluding carboxylic acids is 2. The van der Waals surface area contributed by atoms with Crippen LogP contribution in [0.15, 0.2) is 47.9 Å². The third-order valence-corrected chi connectivity index (χ3v) is 4.32. The number of ether oxygens (including phenoxy) is 1.